The van der Waals surface area contributed by atoms with Crippen molar-refractivity contribution in [1.82, 2.24) is 4.90 Å². The summed E-state index contributed by atoms with van der Waals surface area (Å²) >= 11 is 0. The Hall–Kier alpha value is -0.530. The molecular formula is C11H21NO. The molecule has 0 aliphatic carbocycles. The van der Waals surface area contributed by atoms with Gasteiger partial charge in [0.05, 0.1) is 0 Å². The highest BCUT2D eigenvalue weighted by molar-refractivity contribution is 5.79. The maximum absolute atomic E-state index is 11.6. The van der Waals surface area contributed by atoms with E-state index in [0.29, 0.717) is 5.91 Å². The van der Waals surface area contributed by atoms with Gasteiger partial charge >= 0.3 is 0 Å². The number of amides is 1. The summed E-state index contributed by atoms with van der Waals surface area (Å²) in [4.78, 5) is 13.6. The first-order chi connectivity index (χ1) is 5.77. The van der Waals surface area contributed by atoms with E-state index >= 15 is 0 Å². The Labute approximate surface area is 81.3 Å². The Bertz CT molecular complexity index is 213. The highest BCUT2D eigenvalue weighted by Gasteiger charge is 2.42. The lowest BCUT2D eigenvalue weighted by Crippen LogP contribution is -2.53. The molecule has 0 unspecified atom stereocenters. The third-order valence-electron chi connectivity index (χ3n) is 3.58. The summed E-state index contributed by atoms with van der Waals surface area (Å²) in [5, 5.41) is 0. The van der Waals surface area contributed by atoms with Crippen LogP contribution < -0.4 is 0 Å². The fourth-order valence-corrected chi connectivity index (χ4v) is 1.64. The van der Waals surface area contributed by atoms with E-state index < -0.39 is 0 Å². The second kappa shape index (κ2) is 3.00. The van der Waals surface area contributed by atoms with Gasteiger partial charge in [-0.05, 0) is 25.7 Å². The minimum Gasteiger partial charge on any atom is -0.337 e. The van der Waals surface area contributed by atoms with Crippen molar-refractivity contribution in [2.45, 2.75) is 53.0 Å². The molecule has 0 aromatic heterocycles. The predicted octanol–water partition coefficient (Wildman–Crippen LogP) is 2.43. The highest BCUT2D eigenvalue weighted by atomic mass is 16.2. The molecule has 0 saturated carbocycles. The molecule has 0 N–H and O–H groups in total. The molecule has 0 radical (unpaired) electrons. The Morgan fingerprint density at radius 3 is 2.00 bits per heavy atom. The maximum Gasteiger partial charge on any atom is 0.223 e. The van der Waals surface area contributed by atoms with Crippen LogP contribution in [0.1, 0.15) is 47.5 Å². The van der Waals surface area contributed by atoms with Crippen LogP contribution >= 0.6 is 0 Å². The molecule has 0 atom stereocenters. The number of hydrogen-bond acceptors (Lipinski definition) is 1. The Morgan fingerprint density at radius 2 is 1.69 bits per heavy atom. The van der Waals surface area contributed by atoms with E-state index in [2.05, 4.69) is 34.6 Å². The van der Waals surface area contributed by atoms with E-state index in [0.717, 1.165) is 19.4 Å². The van der Waals surface area contributed by atoms with Gasteiger partial charge in [-0.1, -0.05) is 20.8 Å². The van der Waals surface area contributed by atoms with Gasteiger partial charge in [-0.3, -0.25) is 4.79 Å². The molecule has 2 nitrogen and oxygen atoms in total. The van der Waals surface area contributed by atoms with E-state index in [-0.39, 0.29) is 11.0 Å². The van der Waals surface area contributed by atoms with Crippen LogP contribution in [0.3, 0.4) is 0 Å². The molecule has 13 heavy (non-hydrogen) atoms. The summed E-state index contributed by atoms with van der Waals surface area (Å²) in [5.74, 6) is 0.319. The maximum atomic E-state index is 11.6. The van der Waals surface area contributed by atoms with Crippen molar-refractivity contribution in [3.8, 4) is 0 Å². The number of likely N-dealkylation sites (tertiary alicyclic amines) is 1. The standard InChI is InChI=1S/C11H21NO/c1-10(2,3)11(4,5)12-8-6-7-9(12)13/h6-8H2,1-5H3. The molecular weight excluding hydrogens is 162 g/mol. The van der Waals surface area contributed by atoms with Crippen LogP contribution in [0.15, 0.2) is 0 Å². The molecule has 1 saturated heterocycles. The van der Waals surface area contributed by atoms with Crippen molar-refractivity contribution in [1.29, 1.82) is 0 Å². The number of carbonyl (C=O) groups excluding carboxylic acids is 1. The molecule has 1 aliphatic rings. The minimum absolute atomic E-state index is 0.0272. The molecule has 0 aromatic rings. The lowest BCUT2D eigenvalue weighted by atomic mass is 9.75. The normalized spacial score (nSPS) is 19.8. The van der Waals surface area contributed by atoms with E-state index in [4.69, 9.17) is 0 Å². The fourth-order valence-electron chi connectivity index (χ4n) is 1.64. The van der Waals surface area contributed by atoms with Gasteiger partial charge in [0.1, 0.15) is 0 Å². The van der Waals surface area contributed by atoms with Gasteiger partial charge < -0.3 is 4.90 Å². The molecule has 1 fully saturated rings. The van der Waals surface area contributed by atoms with Crippen molar-refractivity contribution in [3.63, 3.8) is 0 Å². The molecule has 1 rings (SSSR count). The lowest BCUT2D eigenvalue weighted by Gasteiger charge is -2.46. The van der Waals surface area contributed by atoms with Gasteiger partial charge in [0, 0.05) is 18.5 Å². The second-order valence-corrected chi connectivity index (χ2v) is 5.46. The van der Waals surface area contributed by atoms with Crippen LogP contribution in [-0.2, 0) is 4.79 Å². The number of hydrogen-bond donors (Lipinski definition) is 0. The molecule has 1 amide bonds. The summed E-state index contributed by atoms with van der Waals surface area (Å²) in [6.45, 7) is 11.8. The third-order valence-corrected chi connectivity index (χ3v) is 3.58. The summed E-state index contributed by atoms with van der Waals surface area (Å²) in [6, 6.07) is 0. The van der Waals surface area contributed by atoms with Crippen molar-refractivity contribution in [3.05, 3.63) is 0 Å². The number of carbonyl (C=O) groups is 1. The van der Waals surface area contributed by atoms with Crippen LogP contribution in [0, 0.1) is 5.41 Å². The Morgan fingerprint density at radius 1 is 1.15 bits per heavy atom. The molecule has 0 bridgehead atoms. The van der Waals surface area contributed by atoms with Gasteiger partial charge in [0.25, 0.3) is 0 Å². The van der Waals surface area contributed by atoms with Gasteiger partial charge in [-0.15, -0.1) is 0 Å². The van der Waals surface area contributed by atoms with Gasteiger partial charge in [0.2, 0.25) is 5.91 Å². The van der Waals surface area contributed by atoms with E-state index in [9.17, 15) is 4.79 Å². The van der Waals surface area contributed by atoms with Crippen LogP contribution in [0.5, 0.6) is 0 Å². The van der Waals surface area contributed by atoms with Crippen LogP contribution in [0.25, 0.3) is 0 Å². The smallest absolute Gasteiger partial charge is 0.223 e. The molecule has 0 spiro atoms. The van der Waals surface area contributed by atoms with E-state index in [1.807, 2.05) is 4.90 Å². The lowest BCUT2D eigenvalue weighted by molar-refractivity contribution is -0.136. The van der Waals surface area contributed by atoms with Gasteiger partial charge in [-0.2, -0.15) is 0 Å². The number of nitrogens with zero attached hydrogens (tertiary/aromatic N) is 1. The first-order valence-corrected chi connectivity index (χ1v) is 5.07. The first kappa shape index (κ1) is 10.6. The summed E-state index contributed by atoms with van der Waals surface area (Å²) in [5.41, 5.74) is 0.119. The average Bonchev–Trinajstić information content (AvgIpc) is 2.32. The average molecular weight is 183 g/mol. The van der Waals surface area contributed by atoms with Crippen molar-refractivity contribution in [2.24, 2.45) is 5.41 Å². The topological polar surface area (TPSA) is 20.3 Å². The van der Waals surface area contributed by atoms with Gasteiger partial charge in [-0.25, -0.2) is 0 Å². The van der Waals surface area contributed by atoms with Gasteiger partial charge in [0.15, 0.2) is 0 Å². The molecule has 1 heterocycles. The van der Waals surface area contributed by atoms with E-state index in [1.54, 1.807) is 0 Å². The van der Waals surface area contributed by atoms with Crippen molar-refractivity contribution >= 4 is 5.91 Å². The first-order valence-electron chi connectivity index (χ1n) is 5.07. The Balaban J connectivity index is 2.86. The Kier molecular flexibility index (Phi) is 2.44. The van der Waals surface area contributed by atoms with Crippen LogP contribution in [-0.4, -0.2) is 22.9 Å². The van der Waals surface area contributed by atoms with Crippen molar-refractivity contribution < 1.29 is 4.79 Å². The summed E-state index contributed by atoms with van der Waals surface area (Å²) in [6.07, 6.45) is 1.76. The quantitative estimate of drug-likeness (QED) is 0.611. The van der Waals surface area contributed by atoms with E-state index in [1.165, 1.54) is 0 Å². The molecule has 76 valence electrons. The molecule has 1 aliphatic heterocycles. The highest BCUT2D eigenvalue weighted by Crippen LogP contribution is 2.37. The van der Waals surface area contributed by atoms with Crippen LogP contribution in [0.2, 0.25) is 0 Å². The molecule has 2 heteroatoms. The minimum atomic E-state index is -0.0272. The molecule has 0 aromatic carbocycles. The largest absolute Gasteiger partial charge is 0.337 e. The SMILES string of the molecule is CC(C)(C)C(C)(C)N1CCCC1=O. The zero-order valence-corrected chi connectivity index (χ0v) is 9.48. The summed E-state index contributed by atoms with van der Waals surface area (Å²) < 4.78 is 0. The second-order valence-electron chi connectivity index (χ2n) is 5.46. The van der Waals surface area contributed by atoms with Crippen LogP contribution in [0.4, 0.5) is 0 Å². The van der Waals surface area contributed by atoms with Crippen molar-refractivity contribution in [2.75, 3.05) is 6.54 Å². The predicted molar refractivity (Wildman–Crippen MR) is 54.5 cm³/mol. The zero-order valence-electron chi connectivity index (χ0n) is 9.48. The fraction of sp³-hybridized carbons (Fsp3) is 0.909. The monoisotopic (exact) mass is 183 g/mol. The summed E-state index contributed by atoms with van der Waals surface area (Å²) in [7, 11) is 0. The third kappa shape index (κ3) is 1.72. The zero-order chi connectivity index (χ0) is 10.3. The number of rotatable bonds is 1.